The number of hydrogen-bond donors (Lipinski definition) is 0. The van der Waals surface area contributed by atoms with Crippen LogP contribution in [0.3, 0.4) is 0 Å². The van der Waals surface area contributed by atoms with Gasteiger partial charge in [-0.1, -0.05) is 54.6 Å². The number of benzene rings is 2. The third-order valence-corrected chi connectivity index (χ3v) is 6.68. The molecular formula is C31H31F3N6O3. The fraction of sp³-hybridized carbons (Fsp3) is 0.323. The second-order valence-electron chi connectivity index (χ2n) is 11.0. The molecule has 0 aliphatic rings. The molecule has 1 amide bonds. The molecule has 1 atom stereocenters. The van der Waals surface area contributed by atoms with E-state index in [9.17, 15) is 18.0 Å². The molecular weight excluding hydrogens is 561 g/mol. The first kappa shape index (κ1) is 29.7. The Morgan fingerprint density at radius 1 is 0.930 bits per heavy atom. The minimum Gasteiger partial charge on any atom is -0.470 e. The maximum Gasteiger partial charge on any atom is 0.453 e. The standard InChI is InChI=1S/C31H31F3N6O3/c1-20(39(29(41)43-30(2,3)4)18-17-21-11-6-5-7-12-21)25-16-10-13-22(35-25)19-42-27-24-15-9-8-14-23(24)26-36-37-28(31(32,33)34)40(26)38-27/h5-16,20H,17-19H2,1-4H3. The molecule has 43 heavy (non-hydrogen) atoms. The summed E-state index contributed by atoms with van der Waals surface area (Å²) in [5.41, 5.74) is 1.48. The van der Waals surface area contributed by atoms with E-state index in [1.807, 2.05) is 58.0 Å². The molecule has 3 heterocycles. The van der Waals surface area contributed by atoms with Crippen molar-refractivity contribution in [3.63, 3.8) is 0 Å². The monoisotopic (exact) mass is 592 g/mol. The third kappa shape index (κ3) is 6.85. The summed E-state index contributed by atoms with van der Waals surface area (Å²) in [4.78, 5) is 19.6. The molecule has 0 fully saturated rings. The van der Waals surface area contributed by atoms with Gasteiger partial charge in [0.1, 0.15) is 12.2 Å². The lowest BCUT2D eigenvalue weighted by Crippen LogP contribution is -2.40. The average molecular weight is 593 g/mol. The van der Waals surface area contributed by atoms with Crippen LogP contribution in [0.25, 0.3) is 16.4 Å². The van der Waals surface area contributed by atoms with Crippen molar-refractivity contribution in [2.24, 2.45) is 0 Å². The summed E-state index contributed by atoms with van der Waals surface area (Å²) in [6.45, 7) is 7.63. The van der Waals surface area contributed by atoms with Crippen LogP contribution in [0, 0.1) is 0 Å². The van der Waals surface area contributed by atoms with Crippen molar-refractivity contribution >= 4 is 22.5 Å². The van der Waals surface area contributed by atoms with E-state index in [4.69, 9.17) is 14.5 Å². The summed E-state index contributed by atoms with van der Waals surface area (Å²) in [6, 6.07) is 21.5. The number of halogens is 3. The molecule has 5 aromatic rings. The molecule has 0 N–H and O–H groups in total. The van der Waals surface area contributed by atoms with Crippen molar-refractivity contribution in [2.75, 3.05) is 6.54 Å². The molecule has 0 spiro atoms. The van der Waals surface area contributed by atoms with Gasteiger partial charge in [-0.05, 0) is 57.9 Å². The molecule has 3 aromatic heterocycles. The number of nitrogens with zero attached hydrogens (tertiary/aromatic N) is 6. The Morgan fingerprint density at radius 2 is 1.63 bits per heavy atom. The Balaban J connectivity index is 1.40. The van der Waals surface area contributed by atoms with Crippen molar-refractivity contribution in [3.8, 4) is 5.88 Å². The van der Waals surface area contributed by atoms with E-state index in [1.165, 1.54) is 0 Å². The number of pyridine rings is 1. The van der Waals surface area contributed by atoms with Gasteiger partial charge in [0.15, 0.2) is 5.65 Å². The van der Waals surface area contributed by atoms with Crippen LogP contribution in [0.2, 0.25) is 0 Å². The normalized spacial score (nSPS) is 12.8. The average Bonchev–Trinajstić information content (AvgIpc) is 3.41. The molecule has 0 radical (unpaired) electrons. The van der Waals surface area contributed by atoms with Crippen LogP contribution in [0.5, 0.6) is 5.88 Å². The number of aromatic nitrogens is 5. The second-order valence-corrected chi connectivity index (χ2v) is 11.0. The molecule has 0 saturated heterocycles. The van der Waals surface area contributed by atoms with E-state index in [2.05, 4.69) is 15.3 Å². The van der Waals surface area contributed by atoms with E-state index >= 15 is 0 Å². The number of ether oxygens (including phenoxy) is 2. The summed E-state index contributed by atoms with van der Waals surface area (Å²) in [5, 5.41) is 12.0. The lowest BCUT2D eigenvalue weighted by molar-refractivity contribution is -0.146. The minimum absolute atomic E-state index is 0.0214. The van der Waals surface area contributed by atoms with Crippen LogP contribution in [0.15, 0.2) is 72.8 Å². The number of fused-ring (bicyclic) bond motifs is 3. The van der Waals surface area contributed by atoms with Gasteiger partial charge in [-0.3, -0.25) is 9.88 Å². The highest BCUT2D eigenvalue weighted by Gasteiger charge is 2.38. The quantitative estimate of drug-likeness (QED) is 0.195. The molecule has 0 aliphatic heterocycles. The zero-order valence-corrected chi connectivity index (χ0v) is 24.2. The Labute approximate surface area is 246 Å². The van der Waals surface area contributed by atoms with Gasteiger partial charge in [0.2, 0.25) is 5.88 Å². The first-order chi connectivity index (χ1) is 20.4. The van der Waals surface area contributed by atoms with Crippen LogP contribution < -0.4 is 4.74 Å². The van der Waals surface area contributed by atoms with E-state index in [-0.39, 0.29) is 18.1 Å². The van der Waals surface area contributed by atoms with Gasteiger partial charge < -0.3 is 9.47 Å². The van der Waals surface area contributed by atoms with Gasteiger partial charge in [0.05, 0.1) is 17.4 Å². The molecule has 5 rings (SSSR count). The summed E-state index contributed by atoms with van der Waals surface area (Å²) >= 11 is 0. The number of hydrogen-bond acceptors (Lipinski definition) is 7. The smallest absolute Gasteiger partial charge is 0.453 e. The van der Waals surface area contributed by atoms with Crippen molar-refractivity contribution in [1.82, 2.24) is 29.7 Å². The topological polar surface area (TPSA) is 94.7 Å². The zero-order chi connectivity index (χ0) is 30.8. The molecule has 1 unspecified atom stereocenters. The van der Waals surface area contributed by atoms with Crippen molar-refractivity contribution in [1.29, 1.82) is 0 Å². The van der Waals surface area contributed by atoms with Crippen LogP contribution in [0.4, 0.5) is 18.0 Å². The molecule has 0 bridgehead atoms. The number of rotatable bonds is 8. The SMILES string of the molecule is CC(c1cccc(COc2nn3c(C(F)(F)F)nnc3c3ccccc23)n1)N(CCc1ccccc1)C(=O)OC(C)(C)C. The summed E-state index contributed by atoms with van der Waals surface area (Å²) in [7, 11) is 0. The van der Waals surface area contributed by atoms with Gasteiger partial charge in [0, 0.05) is 17.3 Å². The van der Waals surface area contributed by atoms with E-state index in [1.54, 1.807) is 47.4 Å². The molecule has 0 saturated carbocycles. The van der Waals surface area contributed by atoms with E-state index in [0.29, 0.717) is 39.6 Å². The second kappa shape index (κ2) is 11.9. The van der Waals surface area contributed by atoms with Crippen LogP contribution in [0.1, 0.15) is 56.5 Å². The highest BCUT2D eigenvalue weighted by Crippen LogP contribution is 2.32. The predicted molar refractivity (Wildman–Crippen MR) is 153 cm³/mol. The predicted octanol–water partition coefficient (Wildman–Crippen LogP) is 6.81. The Hall–Kier alpha value is -4.74. The van der Waals surface area contributed by atoms with Crippen molar-refractivity contribution in [3.05, 3.63) is 95.6 Å². The van der Waals surface area contributed by atoms with E-state index < -0.39 is 29.7 Å². The highest BCUT2D eigenvalue weighted by atomic mass is 19.4. The molecule has 0 aliphatic carbocycles. The number of alkyl halides is 3. The Kier molecular flexibility index (Phi) is 8.21. The minimum atomic E-state index is -4.75. The fourth-order valence-corrected chi connectivity index (χ4v) is 4.61. The summed E-state index contributed by atoms with van der Waals surface area (Å²) in [5.74, 6) is -1.27. The van der Waals surface area contributed by atoms with Crippen LogP contribution in [-0.4, -0.2) is 47.9 Å². The fourth-order valence-electron chi connectivity index (χ4n) is 4.61. The number of carbonyl (C=O) groups is 1. The first-order valence-electron chi connectivity index (χ1n) is 13.7. The molecule has 9 nitrogen and oxygen atoms in total. The van der Waals surface area contributed by atoms with Crippen LogP contribution in [-0.2, 0) is 23.9 Å². The van der Waals surface area contributed by atoms with Gasteiger partial charge in [0.25, 0.3) is 5.82 Å². The highest BCUT2D eigenvalue weighted by molar-refractivity contribution is 5.96. The Bertz CT molecular complexity index is 1730. The Morgan fingerprint density at radius 3 is 2.33 bits per heavy atom. The van der Waals surface area contributed by atoms with E-state index in [0.717, 1.165) is 5.56 Å². The van der Waals surface area contributed by atoms with Crippen LogP contribution >= 0.6 is 0 Å². The third-order valence-electron chi connectivity index (χ3n) is 6.68. The van der Waals surface area contributed by atoms with Gasteiger partial charge >= 0.3 is 12.3 Å². The summed E-state index contributed by atoms with van der Waals surface area (Å²) in [6.07, 6.45) is -4.59. The first-order valence-corrected chi connectivity index (χ1v) is 13.7. The maximum absolute atomic E-state index is 13.6. The number of carbonyl (C=O) groups excluding carboxylic acids is 1. The van der Waals surface area contributed by atoms with Crippen molar-refractivity contribution < 1.29 is 27.4 Å². The summed E-state index contributed by atoms with van der Waals surface area (Å²) < 4.78 is 53.0. The lowest BCUT2D eigenvalue weighted by Gasteiger charge is -2.31. The molecule has 224 valence electrons. The van der Waals surface area contributed by atoms with Gasteiger partial charge in [-0.25, -0.2) is 4.79 Å². The lowest BCUT2D eigenvalue weighted by atomic mass is 10.1. The molecule has 2 aromatic carbocycles. The molecule has 12 heteroatoms. The van der Waals surface area contributed by atoms with Crippen molar-refractivity contribution in [2.45, 2.75) is 58.5 Å². The number of amides is 1. The zero-order valence-electron chi connectivity index (χ0n) is 24.2. The van der Waals surface area contributed by atoms with Gasteiger partial charge in [-0.2, -0.15) is 17.7 Å². The maximum atomic E-state index is 13.6. The van der Waals surface area contributed by atoms with Gasteiger partial charge in [-0.15, -0.1) is 15.3 Å². The largest absolute Gasteiger partial charge is 0.470 e.